The summed E-state index contributed by atoms with van der Waals surface area (Å²) in [4.78, 5) is 0. The molecule has 1 atom stereocenters. The van der Waals surface area contributed by atoms with Gasteiger partial charge in [-0.2, -0.15) is 0 Å². The second-order valence-corrected chi connectivity index (χ2v) is 3.87. The summed E-state index contributed by atoms with van der Waals surface area (Å²) in [6.45, 7) is 0.0510. The zero-order valence-corrected chi connectivity index (χ0v) is 9.56. The summed E-state index contributed by atoms with van der Waals surface area (Å²) < 4.78 is 0.838. The monoisotopic (exact) mass is 263 g/mol. The molecule has 4 heteroatoms. The van der Waals surface area contributed by atoms with Crippen molar-refractivity contribution in [1.29, 1.82) is 0 Å². The van der Waals surface area contributed by atoms with E-state index in [4.69, 9.17) is 16.7 Å². The average Bonchev–Trinajstić information content (AvgIpc) is 2.14. The van der Waals surface area contributed by atoms with Crippen LogP contribution in [0.25, 0.3) is 0 Å². The molecule has 0 aliphatic rings. The minimum Gasteiger partial charge on any atom is -0.394 e. The van der Waals surface area contributed by atoms with E-state index < -0.39 is 0 Å². The van der Waals surface area contributed by atoms with E-state index in [0.29, 0.717) is 5.02 Å². The lowest BCUT2D eigenvalue weighted by molar-refractivity contribution is 0.250. The molecule has 1 rings (SSSR count). The smallest absolute Gasteiger partial charge is 0.0626 e. The van der Waals surface area contributed by atoms with Gasteiger partial charge >= 0.3 is 0 Å². The maximum atomic E-state index is 9.07. The van der Waals surface area contributed by atoms with Gasteiger partial charge in [0.2, 0.25) is 0 Å². The van der Waals surface area contributed by atoms with Crippen LogP contribution >= 0.6 is 27.5 Å². The van der Waals surface area contributed by atoms with E-state index in [1.165, 1.54) is 0 Å². The van der Waals surface area contributed by atoms with Crippen LogP contribution < -0.4 is 5.32 Å². The Morgan fingerprint density at radius 1 is 1.62 bits per heavy atom. The lowest BCUT2D eigenvalue weighted by Crippen LogP contribution is -2.20. The number of benzene rings is 1. The Kier molecular flexibility index (Phi) is 4.19. The number of hydrogen-bond acceptors (Lipinski definition) is 2. The Morgan fingerprint density at radius 3 is 2.85 bits per heavy atom. The molecule has 0 fully saturated rings. The van der Waals surface area contributed by atoms with Crippen LogP contribution in [0.4, 0.5) is 0 Å². The maximum absolute atomic E-state index is 9.07. The molecule has 0 saturated carbocycles. The first-order valence-corrected chi connectivity index (χ1v) is 5.09. The van der Waals surface area contributed by atoms with E-state index in [1.54, 1.807) is 13.1 Å². The van der Waals surface area contributed by atoms with Crippen LogP contribution in [0.5, 0.6) is 0 Å². The zero-order valence-electron chi connectivity index (χ0n) is 7.22. The van der Waals surface area contributed by atoms with Crippen molar-refractivity contribution in [2.24, 2.45) is 0 Å². The minimum absolute atomic E-state index is 0.0510. The first-order valence-electron chi connectivity index (χ1n) is 3.92. The Hall–Kier alpha value is -0.0900. The molecule has 1 aromatic carbocycles. The van der Waals surface area contributed by atoms with Gasteiger partial charge in [0.25, 0.3) is 0 Å². The molecule has 0 heterocycles. The molecule has 72 valence electrons. The number of aliphatic hydroxyl groups excluding tert-OH is 1. The summed E-state index contributed by atoms with van der Waals surface area (Å²) in [6, 6.07) is 5.52. The number of aliphatic hydroxyl groups is 1. The number of nitrogens with one attached hydrogen (secondary N) is 1. The topological polar surface area (TPSA) is 32.3 Å². The molecule has 0 aliphatic carbocycles. The highest BCUT2D eigenvalue weighted by Gasteiger charge is 2.12. The van der Waals surface area contributed by atoms with Crippen molar-refractivity contribution < 1.29 is 5.11 Å². The molecule has 1 unspecified atom stereocenters. The highest BCUT2D eigenvalue weighted by atomic mass is 79.9. The number of halogens is 2. The largest absolute Gasteiger partial charge is 0.394 e. The Balaban J connectivity index is 3.05. The second kappa shape index (κ2) is 4.96. The highest BCUT2D eigenvalue weighted by Crippen LogP contribution is 2.29. The predicted molar refractivity (Wildman–Crippen MR) is 58.0 cm³/mol. The van der Waals surface area contributed by atoms with E-state index in [-0.39, 0.29) is 12.6 Å². The van der Waals surface area contributed by atoms with Gasteiger partial charge < -0.3 is 10.4 Å². The quantitative estimate of drug-likeness (QED) is 0.878. The van der Waals surface area contributed by atoms with Gasteiger partial charge in [0, 0.05) is 4.47 Å². The SMILES string of the molecule is CNC(CO)c1cccc(Cl)c1Br. The van der Waals surface area contributed by atoms with E-state index in [1.807, 2.05) is 12.1 Å². The summed E-state index contributed by atoms with van der Waals surface area (Å²) in [7, 11) is 1.80. The first kappa shape index (κ1) is 11.0. The second-order valence-electron chi connectivity index (χ2n) is 2.67. The summed E-state index contributed by atoms with van der Waals surface area (Å²) in [5.41, 5.74) is 0.970. The van der Waals surface area contributed by atoms with Crippen LogP contribution in [-0.2, 0) is 0 Å². The van der Waals surface area contributed by atoms with Crippen molar-refractivity contribution in [3.8, 4) is 0 Å². The fraction of sp³-hybridized carbons (Fsp3) is 0.333. The van der Waals surface area contributed by atoms with Crippen LogP contribution in [0, 0.1) is 0 Å². The minimum atomic E-state index is -0.0759. The first-order chi connectivity index (χ1) is 6.20. The van der Waals surface area contributed by atoms with Gasteiger partial charge in [0.1, 0.15) is 0 Å². The third-order valence-electron chi connectivity index (χ3n) is 1.89. The van der Waals surface area contributed by atoms with Crippen LogP contribution in [0.3, 0.4) is 0 Å². The Morgan fingerprint density at radius 2 is 2.31 bits per heavy atom. The standard InChI is InChI=1S/C9H11BrClNO/c1-12-8(5-13)6-3-2-4-7(11)9(6)10/h2-4,8,12-13H,5H2,1H3. The van der Waals surface area contributed by atoms with Crippen molar-refractivity contribution in [2.45, 2.75) is 6.04 Å². The normalized spacial score (nSPS) is 12.9. The summed E-state index contributed by atoms with van der Waals surface area (Å²) in [6.07, 6.45) is 0. The molecular formula is C9H11BrClNO. The molecule has 0 spiro atoms. The predicted octanol–water partition coefficient (Wildman–Crippen LogP) is 2.36. The third-order valence-corrected chi connectivity index (χ3v) is 3.32. The van der Waals surface area contributed by atoms with Crippen molar-refractivity contribution in [2.75, 3.05) is 13.7 Å². The molecule has 2 N–H and O–H groups in total. The van der Waals surface area contributed by atoms with Crippen LogP contribution in [0.1, 0.15) is 11.6 Å². The zero-order chi connectivity index (χ0) is 9.84. The van der Waals surface area contributed by atoms with E-state index in [9.17, 15) is 0 Å². The lowest BCUT2D eigenvalue weighted by Gasteiger charge is -2.15. The van der Waals surface area contributed by atoms with Gasteiger partial charge in [-0.15, -0.1) is 0 Å². The number of rotatable bonds is 3. The molecule has 13 heavy (non-hydrogen) atoms. The van der Waals surface area contributed by atoms with Gasteiger partial charge in [-0.1, -0.05) is 23.7 Å². The molecule has 0 amide bonds. The molecule has 0 saturated heterocycles. The Labute approximate surface area is 91.0 Å². The van der Waals surface area contributed by atoms with E-state index >= 15 is 0 Å². The van der Waals surface area contributed by atoms with Crippen molar-refractivity contribution >= 4 is 27.5 Å². The van der Waals surface area contributed by atoms with E-state index in [2.05, 4.69) is 21.2 Å². The lowest BCUT2D eigenvalue weighted by atomic mass is 10.1. The fourth-order valence-corrected chi connectivity index (χ4v) is 1.86. The molecular weight excluding hydrogens is 253 g/mol. The molecule has 2 nitrogen and oxygen atoms in total. The van der Waals surface area contributed by atoms with Crippen molar-refractivity contribution in [1.82, 2.24) is 5.32 Å². The molecule has 1 aromatic rings. The van der Waals surface area contributed by atoms with Crippen LogP contribution in [-0.4, -0.2) is 18.8 Å². The van der Waals surface area contributed by atoms with Crippen LogP contribution in [0.15, 0.2) is 22.7 Å². The molecule has 0 bridgehead atoms. The molecule has 0 aromatic heterocycles. The summed E-state index contributed by atoms with van der Waals surface area (Å²) in [5.74, 6) is 0. The third kappa shape index (κ3) is 2.44. The number of likely N-dealkylation sites (N-methyl/N-ethyl adjacent to an activating group) is 1. The van der Waals surface area contributed by atoms with Gasteiger partial charge in [0.15, 0.2) is 0 Å². The van der Waals surface area contributed by atoms with Gasteiger partial charge in [-0.3, -0.25) is 0 Å². The number of hydrogen-bond donors (Lipinski definition) is 2. The molecule has 0 aliphatic heterocycles. The molecule has 0 radical (unpaired) electrons. The van der Waals surface area contributed by atoms with Crippen molar-refractivity contribution in [3.05, 3.63) is 33.3 Å². The van der Waals surface area contributed by atoms with Crippen molar-refractivity contribution in [3.63, 3.8) is 0 Å². The fourth-order valence-electron chi connectivity index (χ4n) is 1.13. The highest BCUT2D eigenvalue weighted by molar-refractivity contribution is 9.10. The summed E-state index contributed by atoms with van der Waals surface area (Å²) >= 11 is 9.29. The Bertz CT molecular complexity index is 289. The maximum Gasteiger partial charge on any atom is 0.0626 e. The van der Waals surface area contributed by atoms with Crippen LogP contribution in [0.2, 0.25) is 5.02 Å². The van der Waals surface area contributed by atoms with Gasteiger partial charge in [-0.25, -0.2) is 0 Å². The summed E-state index contributed by atoms with van der Waals surface area (Å²) in [5, 5.41) is 12.7. The van der Waals surface area contributed by atoms with Gasteiger partial charge in [0.05, 0.1) is 17.7 Å². The average molecular weight is 265 g/mol. The van der Waals surface area contributed by atoms with Gasteiger partial charge in [-0.05, 0) is 34.6 Å². The van der Waals surface area contributed by atoms with E-state index in [0.717, 1.165) is 10.0 Å².